The van der Waals surface area contributed by atoms with Gasteiger partial charge in [0.15, 0.2) is 0 Å². The molecule has 0 spiro atoms. The summed E-state index contributed by atoms with van der Waals surface area (Å²) in [6.45, 7) is 5.26. The van der Waals surface area contributed by atoms with Gasteiger partial charge in [0.05, 0.1) is 12.8 Å². The van der Waals surface area contributed by atoms with E-state index in [1.807, 2.05) is 0 Å². The number of esters is 1. The van der Waals surface area contributed by atoms with Gasteiger partial charge in [0, 0.05) is 10.0 Å². The molecule has 0 aliphatic carbocycles. The van der Waals surface area contributed by atoms with Gasteiger partial charge in [-0.2, -0.15) is 0 Å². The van der Waals surface area contributed by atoms with Crippen molar-refractivity contribution >= 4 is 41.0 Å². The topological polar surface area (TPSA) is 67.9 Å². The van der Waals surface area contributed by atoms with E-state index >= 15 is 0 Å². The quantitative estimate of drug-likeness (QED) is 0.798. The molecule has 1 aromatic carbocycles. The Kier molecular flexibility index (Phi) is 5.50. The number of benzene rings is 1. The highest BCUT2D eigenvalue weighted by Crippen LogP contribution is 2.37. The van der Waals surface area contributed by atoms with Crippen molar-refractivity contribution in [3.63, 3.8) is 0 Å². The van der Waals surface area contributed by atoms with Gasteiger partial charge < -0.3 is 9.47 Å². The third-order valence-electron chi connectivity index (χ3n) is 3.46. The minimum Gasteiger partial charge on any atom is -0.467 e. The van der Waals surface area contributed by atoms with Crippen LogP contribution in [0.2, 0.25) is 10.0 Å². The summed E-state index contributed by atoms with van der Waals surface area (Å²) in [6, 6.07) is 2.59. The molecule has 0 aromatic heterocycles. The van der Waals surface area contributed by atoms with Gasteiger partial charge in [-0.15, -0.1) is 0 Å². The minimum absolute atomic E-state index is 0.403. The smallest absolute Gasteiger partial charge is 0.426 e. The van der Waals surface area contributed by atoms with Gasteiger partial charge >= 0.3 is 12.1 Å². The average molecular weight is 375 g/mol. The maximum absolute atomic E-state index is 12.2. The Morgan fingerprint density at radius 2 is 1.96 bits per heavy atom. The van der Waals surface area contributed by atoms with Gasteiger partial charge in [-0.1, -0.05) is 23.2 Å². The van der Waals surface area contributed by atoms with Crippen LogP contribution in [-0.4, -0.2) is 30.8 Å². The molecule has 1 amide bonds. The Morgan fingerprint density at radius 1 is 1.29 bits per heavy atom. The summed E-state index contributed by atoms with van der Waals surface area (Å²) >= 11 is 12.3. The molecule has 2 rings (SSSR count). The number of carbonyl (C=O) groups excluding carboxylic acids is 2. The molecule has 1 aliphatic rings. The van der Waals surface area contributed by atoms with E-state index < -0.39 is 23.7 Å². The third kappa shape index (κ3) is 4.24. The second kappa shape index (κ2) is 7.07. The standard InChI is InChI=1S/C16H20Cl2N2O4/c1-16(2,3)24-15(22)19-20-12(14(21)23-4)6-5-10-11(18)7-9(17)8-13(10)20/h7-8,12H,5-6H2,1-4H3,(H,19,22). The number of halogens is 2. The molecule has 0 radical (unpaired) electrons. The molecule has 1 atom stereocenters. The molecule has 6 nitrogen and oxygen atoms in total. The van der Waals surface area contributed by atoms with E-state index in [1.165, 1.54) is 12.1 Å². The van der Waals surface area contributed by atoms with Crippen LogP contribution in [-0.2, 0) is 20.7 Å². The number of anilines is 1. The second-order valence-electron chi connectivity index (χ2n) is 6.45. The van der Waals surface area contributed by atoms with Crippen molar-refractivity contribution < 1.29 is 19.1 Å². The molecule has 0 fully saturated rings. The number of amides is 1. The van der Waals surface area contributed by atoms with Gasteiger partial charge in [0.1, 0.15) is 11.6 Å². The zero-order chi connectivity index (χ0) is 18.1. The third-order valence-corrected chi connectivity index (χ3v) is 4.02. The normalized spacial score (nSPS) is 17.1. The summed E-state index contributed by atoms with van der Waals surface area (Å²) in [4.78, 5) is 24.3. The van der Waals surface area contributed by atoms with Crippen molar-refractivity contribution in [3.05, 3.63) is 27.7 Å². The molecule has 0 saturated carbocycles. The van der Waals surface area contributed by atoms with Crippen LogP contribution in [0.15, 0.2) is 12.1 Å². The minimum atomic E-state index is -0.690. The predicted octanol–water partition coefficient (Wildman–Crippen LogP) is 3.73. The van der Waals surface area contributed by atoms with Gasteiger partial charge in [0.25, 0.3) is 0 Å². The Labute approximate surface area is 151 Å². The highest BCUT2D eigenvalue weighted by molar-refractivity contribution is 6.35. The fourth-order valence-electron chi connectivity index (χ4n) is 2.53. The maximum atomic E-state index is 12.2. The first-order valence-corrected chi connectivity index (χ1v) is 8.22. The Balaban J connectivity index is 2.38. The van der Waals surface area contributed by atoms with Crippen LogP contribution in [0.25, 0.3) is 0 Å². The summed E-state index contributed by atoms with van der Waals surface area (Å²) in [7, 11) is 1.30. The number of nitrogens with zero attached hydrogens (tertiary/aromatic N) is 1. The number of fused-ring (bicyclic) bond motifs is 1. The zero-order valence-corrected chi connectivity index (χ0v) is 15.5. The Bertz CT molecular complexity index is 658. The summed E-state index contributed by atoms with van der Waals surface area (Å²) in [5, 5.41) is 2.30. The van der Waals surface area contributed by atoms with Crippen molar-refractivity contribution in [3.8, 4) is 0 Å². The van der Waals surface area contributed by atoms with Crippen LogP contribution in [0, 0.1) is 0 Å². The van der Waals surface area contributed by atoms with E-state index in [-0.39, 0.29) is 0 Å². The average Bonchev–Trinajstić information content (AvgIpc) is 2.45. The predicted molar refractivity (Wildman–Crippen MR) is 92.4 cm³/mol. The molecule has 1 heterocycles. The lowest BCUT2D eigenvalue weighted by molar-refractivity contribution is -0.142. The van der Waals surface area contributed by atoms with Gasteiger partial charge in [-0.3, -0.25) is 5.01 Å². The summed E-state index contributed by atoms with van der Waals surface area (Å²) in [5.74, 6) is -0.465. The Hall–Kier alpha value is -1.66. The van der Waals surface area contributed by atoms with E-state index in [1.54, 1.807) is 32.9 Å². The molecular formula is C16H20Cl2N2O4. The molecule has 1 unspecified atom stereocenters. The molecule has 1 aromatic rings. The van der Waals surface area contributed by atoms with Crippen LogP contribution < -0.4 is 10.4 Å². The van der Waals surface area contributed by atoms with Crippen molar-refractivity contribution in [1.82, 2.24) is 5.43 Å². The molecule has 24 heavy (non-hydrogen) atoms. The van der Waals surface area contributed by atoms with Gasteiger partial charge in [0.2, 0.25) is 0 Å². The van der Waals surface area contributed by atoms with Crippen LogP contribution in [0.5, 0.6) is 0 Å². The molecule has 1 aliphatic heterocycles. The molecule has 0 bridgehead atoms. The van der Waals surface area contributed by atoms with E-state index in [0.29, 0.717) is 28.6 Å². The second-order valence-corrected chi connectivity index (χ2v) is 7.29. The first kappa shape index (κ1) is 18.7. The fraction of sp³-hybridized carbons (Fsp3) is 0.500. The lowest BCUT2D eigenvalue weighted by Crippen LogP contribution is -2.55. The first-order valence-electron chi connectivity index (χ1n) is 7.47. The number of carbonyl (C=O) groups is 2. The Morgan fingerprint density at radius 3 is 2.54 bits per heavy atom. The lowest BCUT2D eigenvalue weighted by atomic mass is 9.97. The van der Waals surface area contributed by atoms with Crippen molar-refractivity contribution in [2.24, 2.45) is 0 Å². The highest BCUT2D eigenvalue weighted by Gasteiger charge is 2.35. The van der Waals surface area contributed by atoms with Crippen molar-refractivity contribution in [2.75, 3.05) is 12.1 Å². The van der Waals surface area contributed by atoms with E-state index in [4.69, 9.17) is 32.7 Å². The molecular weight excluding hydrogens is 355 g/mol. The first-order chi connectivity index (χ1) is 11.1. The maximum Gasteiger partial charge on any atom is 0.426 e. The van der Waals surface area contributed by atoms with E-state index in [2.05, 4.69) is 5.43 Å². The van der Waals surface area contributed by atoms with Crippen LogP contribution in [0.3, 0.4) is 0 Å². The number of ether oxygens (including phenoxy) is 2. The monoisotopic (exact) mass is 374 g/mol. The fourth-order valence-corrected chi connectivity index (χ4v) is 3.10. The summed E-state index contributed by atoms with van der Waals surface area (Å²) < 4.78 is 10.1. The largest absolute Gasteiger partial charge is 0.467 e. The number of hydrogen-bond donors (Lipinski definition) is 1. The van der Waals surface area contributed by atoms with E-state index in [9.17, 15) is 9.59 Å². The van der Waals surface area contributed by atoms with Gasteiger partial charge in [-0.25, -0.2) is 15.0 Å². The van der Waals surface area contributed by atoms with Gasteiger partial charge in [-0.05, 0) is 51.3 Å². The summed E-state index contributed by atoms with van der Waals surface area (Å²) in [6.07, 6.45) is 0.328. The molecule has 0 saturated heterocycles. The lowest BCUT2D eigenvalue weighted by Gasteiger charge is -2.37. The van der Waals surface area contributed by atoms with E-state index in [0.717, 1.165) is 5.56 Å². The number of methoxy groups -OCH3 is 1. The molecule has 1 N–H and O–H groups in total. The SMILES string of the molecule is COC(=O)C1CCc2c(Cl)cc(Cl)cc2N1NC(=O)OC(C)(C)C. The summed E-state index contributed by atoms with van der Waals surface area (Å²) in [5.41, 5.74) is 3.29. The number of hydrazine groups is 1. The molecule has 8 heteroatoms. The molecule has 132 valence electrons. The van der Waals surface area contributed by atoms with Crippen LogP contribution in [0.1, 0.15) is 32.8 Å². The number of nitrogens with one attached hydrogen (secondary N) is 1. The number of hydrogen-bond acceptors (Lipinski definition) is 5. The number of rotatable bonds is 2. The van der Waals surface area contributed by atoms with Crippen molar-refractivity contribution in [1.29, 1.82) is 0 Å². The van der Waals surface area contributed by atoms with Crippen LogP contribution in [0.4, 0.5) is 10.5 Å². The van der Waals surface area contributed by atoms with Crippen LogP contribution >= 0.6 is 23.2 Å². The zero-order valence-electron chi connectivity index (χ0n) is 14.0. The highest BCUT2D eigenvalue weighted by atomic mass is 35.5. The van der Waals surface area contributed by atoms with Crippen molar-refractivity contribution in [2.45, 2.75) is 45.3 Å².